The smallest absolute Gasteiger partial charge is 0.128 e. The van der Waals surface area contributed by atoms with E-state index in [0.717, 1.165) is 51.4 Å². The largest absolute Gasteiger partial charge is 0.351 e. The van der Waals surface area contributed by atoms with Gasteiger partial charge in [-0.25, -0.2) is 4.98 Å². The average Bonchev–Trinajstić information content (AvgIpc) is 3.20. The SMILES string of the molecule is Cn1cc(CN2CCC3(CC2)CN(c2ccc(C#N)cn2)Cc2ccccc23)cn1. The first-order valence-corrected chi connectivity index (χ1v) is 10.5. The van der Waals surface area contributed by atoms with Gasteiger partial charge < -0.3 is 4.90 Å². The fourth-order valence-electron chi connectivity index (χ4n) is 5.07. The van der Waals surface area contributed by atoms with Crippen LogP contribution in [-0.2, 0) is 25.6 Å². The highest BCUT2D eigenvalue weighted by molar-refractivity contribution is 5.49. The van der Waals surface area contributed by atoms with Crippen LogP contribution in [0.25, 0.3) is 0 Å². The Hall–Kier alpha value is -3.17. The molecule has 0 saturated carbocycles. The van der Waals surface area contributed by atoms with Crippen molar-refractivity contribution in [2.45, 2.75) is 31.3 Å². The summed E-state index contributed by atoms with van der Waals surface area (Å²) in [6.07, 6.45) is 8.03. The summed E-state index contributed by atoms with van der Waals surface area (Å²) >= 11 is 0. The molecule has 0 amide bonds. The number of anilines is 1. The van der Waals surface area contributed by atoms with Gasteiger partial charge in [-0.05, 0) is 49.2 Å². The fraction of sp³-hybridized carbons (Fsp3) is 0.375. The van der Waals surface area contributed by atoms with Crippen molar-refractivity contribution in [3.8, 4) is 6.07 Å². The summed E-state index contributed by atoms with van der Waals surface area (Å²) in [6, 6.07) is 14.9. The van der Waals surface area contributed by atoms with Crippen LogP contribution in [0.5, 0.6) is 0 Å². The van der Waals surface area contributed by atoms with E-state index in [1.54, 1.807) is 6.20 Å². The summed E-state index contributed by atoms with van der Waals surface area (Å²) in [5.41, 5.74) is 4.94. The number of fused-ring (bicyclic) bond motifs is 2. The van der Waals surface area contributed by atoms with Crippen molar-refractivity contribution in [3.05, 3.63) is 77.2 Å². The third-order valence-corrected chi connectivity index (χ3v) is 6.62. The van der Waals surface area contributed by atoms with Crippen molar-refractivity contribution in [2.75, 3.05) is 24.5 Å². The number of pyridine rings is 1. The maximum Gasteiger partial charge on any atom is 0.128 e. The first-order valence-electron chi connectivity index (χ1n) is 10.5. The number of piperidine rings is 1. The highest BCUT2D eigenvalue weighted by atomic mass is 15.2. The van der Waals surface area contributed by atoms with Crippen molar-refractivity contribution >= 4 is 5.82 Å². The lowest BCUT2D eigenvalue weighted by Crippen LogP contribution is -2.52. The summed E-state index contributed by atoms with van der Waals surface area (Å²) < 4.78 is 1.88. The van der Waals surface area contributed by atoms with Gasteiger partial charge in [-0.2, -0.15) is 10.4 Å². The number of benzene rings is 1. The topological polar surface area (TPSA) is 61.0 Å². The van der Waals surface area contributed by atoms with Crippen LogP contribution in [0, 0.1) is 11.3 Å². The number of hydrogen-bond acceptors (Lipinski definition) is 5. The van der Waals surface area contributed by atoms with Gasteiger partial charge in [-0.1, -0.05) is 24.3 Å². The quantitative estimate of drug-likeness (QED) is 0.678. The van der Waals surface area contributed by atoms with E-state index >= 15 is 0 Å². The summed E-state index contributed by atoms with van der Waals surface area (Å²) in [6.45, 7) is 4.97. The summed E-state index contributed by atoms with van der Waals surface area (Å²) in [5, 5.41) is 13.4. The van der Waals surface area contributed by atoms with E-state index in [-0.39, 0.29) is 5.41 Å². The molecule has 152 valence electrons. The standard InChI is InChI=1S/C24H26N6/c1-28-15-20(14-27-28)16-29-10-8-24(9-11-29)18-30(17-21-4-2-3-5-22(21)24)23-7-6-19(12-25)13-26-23/h2-7,13-15H,8-11,16-18H2,1H3. The van der Waals surface area contributed by atoms with E-state index in [1.165, 1.54) is 16.7 Å². The van der Waals surface area contributed by atoms with Gasteiger partial charge in [0, 0.05) is 50.1 Å². The van der Waals surface area contributed by atoms with Crippen LogP contribution in [0.3, 0.4) is 0 Å². The first-order chi connectivity index (χ1) is 14.6. The predicted molar refractivity (Wildman–Crippen MR) is 116 cm³/mol. The average molecular weight is 399 g/mol. The Bertz CT molecular complexity index is 1070. The van der Waals surface area contributed by atoms with E-state index in [1.807, 2.05) is 30.1 Å². The number of nitriles is 1. The minimum Gasteiger partial charge on any atom is -0.351 e. The zero-order chi connectivity index (χ0) is 20.6. The molecular formula is C24H26N6. The Labute approximate surface area is 177 Å². The zero-order valence-corrected chi connectivity index (χ0v) is 17.3. The van der Waals surface area contributed by atoms with E-state index in [9.17, 15) is 0 Å². The van der Waals surface area contributed by atoms with Gasteiger partial charge in [0.1, 0.15) is 11.9 Å². The van der Waals surface area contributed by atoms with Crippen molar-refractivity contribution < 1.29 is 0 Å². The second kappa shape index (κ2) is 7.58. The molecule has 4 heterocycles. The van der Waals surface area contributed by atoms with Crippen LogP contribution in [0.15, 0.2) is 55.0 Å². The van der Waals surface area contributed by atoms with E-state index in [2.05, 4.69) is 56.4 Å². The molecule has 0 aliphatic carbocycles. The number of aryl methyl sites for hydroxylation is 1. The number of nitrogens with zero attached hydrogens (tertiary/aromatic N) is 6. The Morgan fingerprint density at radius 2 is 1.93 bits per heavy atom. The third-order valence-electron chi connectivity index (χ3n) is 6.62. The Morgan fingerprint density at radius 1 is 1.10 bits per heavy atom. The molecule has 5 rings (SSSR count). The van der Waals surface area contributed by atoms with Gasteiger partial charge in [-0.15, -0.1) is 0 Å². The van der Waals surface area contributed by atoms with Crippen LogP contribution < -0.4 is 4.90 Å². The molecule has 0 unspecified atom stereocenters. The maximum absolute atomic E-state index is 9.09. The minimum atomic E-state index is 0.149. The monoisotopic (exact) mass is 398 g/mol. The minimum absolute atomic E-state index is 0.149. The third kappa shape index (κ3) is 3.46. The number of hydrogen-bond donors (Lipinski definition) is 0. The number of aromatic nitrogens is 3. The second-order valence-corrected chi connectivity index (χ2v) is 8.61. The molecular weight excluding hydrogens is 372 g/mol. The molecule has 2 aromatic heterocycles. The number of likely N-dealkylation sites (tertiary alicyclic amines) is 1. The molecule has 0 N–H and O–H groups in total. The highest BCUT2D eigenvalue weighted by Crippen LogP contribution is 2.42. The van der Waals surface area contributed by atoms with Crippen LogP contribution >= 0.6 is 0 Å². The van der Waals surface area contributed by atoms with Crippen LogP contribution in [0.2, 0.25) is 0 Å². The molecule has 0 radical (unpaired) electrons. The second-order valence-electron chi connectivity index (χ2n) is 8.61. The summed E-state index contributed by atoms with van der Waals surface area (Å²) in [4.78, 5) is 9.52. The summed E-state index contributed by atoms with van der Waals surface area (Å²) in [7, 11) is 1.97. The molecule has 1 fully saturated rings. The predicted octanol–water partition coefficient (Wildman–Crippen LogP) is 3.24. The van der Waals surface area contributed by atoms with Crippen LogP contribution in [0.4, 0.5) is 5.82 Å². The van der Waals surface area contributed by atoms with Crippen molar-refractivity contribution in [2.24, 2.45) is 7.05 Å². The first kappa shape index (κ1) is 18.8. The Morgan fingerprint density at radius 3 is 2.63 bits per heavy atom. The molecule has 30 heavy (non-hydrogen) atoms. The normalized spacial score (nSPS) is 18.2. The molecule has 2 aliphatic rings. The fourth-order valence-corrected chi connectivity index (χ4v) is 5.07. The maximum atomic E-state index is 9.09. The van der Waals surface area contributed by atoms with E-state index in [4.69, 9.17) is 5.26 Å². The van der Waals surface area contributed by atoms with Gasteiger partial charge in [0.15, 0.2) is 0 Å². The molecule has 1 saturated heterocycles. The zero-order valence-electron chi connectivity index (χ0n) is 17.3. The lowest BCUT2D eigenvalue weighted by Gasteiger charge is -2.49. The molecule has 1 spiro atoms. The Kier molecular flexibility index (Phi) is 4.76. The molecule has 3 aromatic rings. The molecule has 0 atom stereocenters. The number of rotatable bonds is 3. The van der Waals surface area contributed by atoms with Gasteiger partial charge >= 0.3 is 0 Å². The molecule has 2 aliphatic heterocycles. The Balaban J connectivity index is 1.38. The van der Waals surface area contributed by atoms with Gasteiger partial charge in [-0.3, -0.25) is 9.58 Å². The lowest BCUT2D eigenvalue weighted by molar-refractivity contribution is 0.150. The van der Waals surface area contributed by atoms with Crippen LogP contribution in [-0.4, -0.2) is 39.3 Å². The molecule has 1 aromatic carbocycles. The van der Waals surface area contributed by atoms with Gasteiger partial charge in [0.05, 0.1) is 11.8 Å². The van der Waals surface area contributed by atoms with Crippen LogP contribution in [0.1, 0.15) is 35.1 Å². The lowest BCUT2D eigenvalue weighted by atomic mass is 9.69. The van der Waals surface area contributed by atoms with Gasteiger partial charge in [0.25, 0.3) is 0 Å². The highest BCUT2D eigenvalue weighted by Gasteiger charge is 2.42. The molecule has 0 bridgehead atoms. The summed E-state index contributed by atoms with van der Waals surface area (Å²) in [5.74, 6) is 0.959. The van der Waals surface area contributed by atoms with E-state index in [0.29, 0.717) is 5.56 Å². The molecule has 6 nitrogen and oxygen atoms in total. The van der Waals surface area contributed by atoms with Crippen molar-refractivity contribution in [1.82, 2.24) is 19.7 Å². The van der Waals surface area contributed by atoms with Crippen molar-refractivity contribution in [3.63, 3.8) is 0 Å². The van der Waals surface area contributed by atoms with E-state index < -0.39 is 0 Å². The van der Waals surface area contributed by atoms with Crippen molar-refractivity contribution in [1.29, 1.82) is 5.26 Å². The van der Waals surface area contributed by atoms with Gasteiger partial charge in [0.2, 0.25) is 0 Å². The molecule has 6 heteroatoms.